The van der Waals surface area contributed by atoms with Crippen molar-refractivity contribution in [2.24, 2.45) is 5.92 Å². The highest BCUT2D eigenvalue weighted by Gasteiger charge is 2.44. The zero-order valence-electron chi connectivity index (χ0n) is 15.0. The number of morpholine rings is 1. The van der Waals surface area contributed by atoms with Crippen LogP contribution < -0.4 is 5.32 Å². The Morgan fingerprint density at radius 3 is 2.32 bits per heavy atom. The molecule has 2 rings (SSSR count). The highest BCUT2D eigenvalue weighted by Crippen LogP contribution is 2.24. The molecule has 0 aliphatic carbocycles. The summed E-state index contributed by atoms with van der Waals surface area (Å²) in [6.45, 7) is 6.09. The number of nitrogens with one attached hydrogen (secondary N) is 1. The normalized spacial score (nSPS) is 29.9. The van der Waals surface area contributed by atoms with Crippen LogP contribution in [0, 0.1) is 5.92 Å². The minimum atomic E-state index is -1.14. The Balaban J connectivity index is 1.83. The Labute approximate surface area is 148 Å². The van der Waals surface area contributed by atoms with Crippen LogP contribution in [0.2, 0.25) is 0 Å². The fraction of sp³-hybridized carbons (Fsp3) is 0.882. The smallest absolute Gasteiger partial charge is 0.225 e. The summed E-state index contributed by atoms with van der Waals surface area (Å²) in [6, 6.07) is 0. The van der Waals surface area contributed by atoms with E-state index in [-0.39, 0.29) is 30.7 Å². The molecule has 2 aliphatic heterocycles. The number of amides is 2. The number of nitrogens with zero attached hydrogens (tertiary/aromatic N) is 1. The van der Waals surface area contributed by atoms with Gasteiger partial charge in [-0.05, 0) is 12.8 Å². The predicted octanol–water partition coefficient (Wildman–Crippen LogP) is -0.723. The van der Waals surface area contributed by atoms with Gasteiger partial charge in [0.15, 0.2) is 0 Å². The van der Waals surface area contributed by atoms with E-state index in [0.29, 0.717) is 26.3 Å². The molecule has 2 saturated heterocycles. The van der Waals surface area contributed by atoms with Crippen molar-refractivity contribution in [1.82, 2.24) is 10.2 Å². The molecule has 0 aromatic carbocycles. The van der Waals surface area contributed by atoms with E-state index in [9.17, 15) is 19.8 Å². The molecule has 3 N–H and O–H groups in total. The topological polar surface area (TPSA) is 108 Å². The van der Waals surface area contributed by atoms with Gasteiger partial charge in [-0.15, -0.1) is 0 Å². The molecule has 2 heterocycles. The van der Waals surface area contributed by atoms with Crippen LogP contribution in [0.1, 0.15) is 33.1 Å². The maximum absolute atomic E-state index is 12.3. The molecule has 0 aromatic heterocycles. The first-order valence-corrected chi connectivity index (χ1v) is 9.12. The zero-order valence-corrected chi connectivity index (χ0v) is 15.0. The number of ether oxygens (including phenoxy) is 2. The first-order valence-electron chi connectivity index (χ1n) is 9.12. The molecule has 2 amide bonds. The molecule has 8 nitrogen and oxygen atoms in total. The molecule has 25 heavy (non-hydrogen) atoms. The number of carbonyl (C=O) groups excluding carboxylic acids is 2. The van der Waals surface area contributed by atoms with Crippen molar-refractivity contribution in [3.63, 3.8) is 0 Å². The van der Waals surface area contributed by atoms with Gasteiger partial charge in [-0.1, -0.05) is 13.8 Å². The second-order valence-electron chi connectivity index (χ2n) is 6.65. The lowest BCUT2D eigenvalue weighted by molar-refractivity contribution is -0.139. The average molecular weight is 358 g/mol. The van der Waals surface area contributed by atoms with E-state index in [0.717, 1.165) is 12.8 Å². The Bertz CT molecular complexity index is 450. The molecule has 0 saturated carbocycles. The second kappa shape index (κ2) is 9.47. The molecule has 2 aliphatic rings. The third kappa shape index (κ3) is 5.13. The maximum atomic E-state index is 12.3. The summed E-state index contributed by atoms with van der Waals surface area (Å²) in [5.41, 5.74) is 0. The van der Waals surface area contributed by atoms with Gasteiger partial charge in [-0.2, -0.15) is 0 Å². The average Bonchev–Trinajstić information content (AvgIpc) is 2.89. The Kier molecular flexibility index (Phi) is 7.61. The van der Waals surface area contributed by atoms with E-state index < -0.39 is 24.4 Å². The van der Waals surface area contributed by atoms with Crippen molar-refractivity contribution in [3.05, 3.63) is 0 Å². The van der Waals surface area contributed by atoms with E-state index >= 15 is 0 Å². The third-order valence-electron chi connectivity index (χ3n) is 5.03. The van der Waals surface area contributed by atoms with Crippen molar-refractivity contribution >= 4 is 11.8 Å². The highest BCUT2D eigenvalue weighted by atomic mass is 16.5. The van der Waals surface area contributed by atoms with E-state index in [2.05, 4.69) is 5.32 Å². The van der Waals surface area contributed by atoms with Crippen LogP contribution >= 0.6 is 0 Å². The number of aliphatic hydroxyl groups excluding tert-OH is 2. The van der Waals surface area contributed by atoms with Gasteiger partial charge in [0, 0.05) is 25.6 Å². The SMILES string of the molecule is CCC(CC)C(=O)NCC1OC(CC(=O)N2CCOCC2)C(O)C1O. The van der Waals surface area contributed by atoms with Crippen LogP contribution in [0.4, 0.5) is 0 Å². The fourth-order valence-corrected chi connectivity index (χ4v) is 3.28. The minimum absolute atomic E-state index is 0.00914. The minimum Gasteiger partial charge on any atom is -0.388 e. The molecule has 4 unspecified atom stereocenters. The fourth-order valence-electron chi connectivity index (χ4n) is 3.28. The van der Waals surface area contributed by atoms with Crippen LogP contribution in [-0.4, -0.2) is 84.2 Å². The van der Waals surface area contributed by atoms with E-state index in [1.807, 2.05) is 13.8 Å². The summed E-state index contributed by atoms with van der Waals surface area (Å²) >= 11 is 0. The van der Waals surface area contributed by atoms with Gasteiger partial charge in [0.25, 0.3) is 0 Å². The summed E-state index contributed by atoms with van der Waals surface area (Å²) in [6.07, 6.45) is -2.23. The Hall–Kier alpha value is -1.22. The molecule has 0 spiro atoms. The van der Waals surface area contributed by atoms with Gasteiger partial charge in [-0.25, -0.2) is 0 Å². The Morgan fingerprint density at radius 2 is 1.72 bits per heavy atom. The molecule has 144 valence electrons. The van der Waals surface area contributed by atoms with Crippen molar-refractivity contribution in [2.45, 2.75) is 57.5 Å². The van der Waals surface area contributed by atoms with Crippen LogP contribution in [0.25, 0.3) is 0 Å². The van der Waals surface area contributed by atoms with E-state index in [1.165, 1.54) is 0 Å². The lowest BCUT2D eigenvalue weighted by Gasteiger charge is -2.28. The first kappa shape index (κ1) is 20.1. The molecule has 2 fully saturated rings. The number of hydrogen-bond donors (Lipinski definition) is 3. The molecule has 0 radical (unpaired) electrons. The first-order chi connectivity index (χ1) is 12.0. The molecular weight excluding hydrogens is 328 g/mol. The lowest BCUT2D eigenvalue weighted by atomic mass is 10.0. The monoisotopic (exact) mass is 358 g/mol. The number of hydrogen-bond acceptors (Lipinski definition) is 6. The van der Waals surface area contributed by atoms with Crippen LogP contribution in [0.15, 0.2) is 0 Å². The highest BCUT2D eigenvalue weighted by molar-refractivity contribution is 5.78. The summed E-state index contributed by atoms with van der Waals surface area (Å²) in [4.78, 5) is 26.0. The summed E-state index contributed by atoms with van der Waals surface area (Å²) in [5, 5.41) is 23.1. The van der Waals surface area contributed by atoms with Crippen molar-refractivity contribution in [2.75, 3.05) is 32.8 Å². The molecule has 0 aromatic rings. The second-order valence-corrected chi connectivity index (χ2v) is 6.65. The molecule has 8 heteroatoms. The summed E-state index contributed by atoms with van der Waals surface area (Å²) in [7, 11) is 0. The summed E-state index contributed by atoms with van der Waals surface area (Å²) in [5.74, 6) is -0.272. The molecule has 4 atom stereocenters. The van der Waals surface area contributed by atoms with Gasteiger partial charge in [-0.3, -0.25) is 9.59 Å². The molecule has 0 bridgehead atoms. The van der Waals surface area contributed by atoms with Crippen LogP contribution in [0.5, 0.6) is 0 Å². The van der Waals surface area contributed by atoms with Gasteiger partial charge in [0.1, 0.15) is 18.3 Å². The van der Waals surface area contributed by atoms with Crippen LogP contribution in [0.3, 0.4) is 0 Å². The number of carbonyl (C=O) groups is 2. The lowest BCUT2D eigenvalue weighted by Crippen LogP contribution is -2.43. The quantitative estimate of drug-likeness (QED) is 0.554. The van der Waals surface area contributed by atoms with Gasteiger partial charge in [0.2, 0.25) is 11.8 Å². The van der Waals surface area contributed by atoms with E-state index in [1.54, 1.807) is 4.90 Å². The van der Waals surface area contributed by atoms with Gasteiger partial charge >= 0.3 is 0 Å². The molecular formula is C17H30N2O6. The third-order valence-corrected chi connectivity index (χ3v) is 5.03. The van der Waals surface area contributed by atoms with E-state index in [4.69, 9.17) is 9.47 Å². The maximum Gasteiger partial charge on any atom is 0.225 e. The van der Waals surface area contributed by atoms with Crippen molar-refractivity contribution in [3.8, 4) is 0 Å². The number of aliphatic hydroxyl groups is 2. The summed E-state index contributed by atoms with van der Waals surface area (Å²) < 4.78 is 10.9. The van der Waals surface area contributed by atoms with Crippen LogP contribution in [-0.2, 0) is 19.1 Å². The van der Waals surface area contributed by atoms with Crippen molar-refractivity contribution < 1.29 is 29.3 Å². The Morgan fingerprint density at radius 1 is 1.12 bits per heavy atom. The predicted molar refractivity (Wildman–Crippen MR) is 89.8 cm³/mol. The van der Waals surface area contributed by atoms with Crippen molar-refractivity contribution in [1.29, 1.82) is 0 Å². The number of rotatable bonds is 7. The van der Waals surface area contributed by atoms with Gasteiger partial charge in [0.05, 0.1) is 25.7 Å². The van der Waals surface area contributed by atoms with Gasteiger partial charge < -0.3 is 29.9 Å². The zero-order chi connectivity index (χ0) is 18.4. The largest absolute Gasteiger partial charge is 0.388 e. The standard InChI is InChI=1S/C17H30N2O6/c1-3-11(4-2)17(23)18-10-13-16(22)15(21)12(25-13)9-14(20)19-5-7-24-8-6-19/h11-13,15-16,21-22H,3-10H2,1-2H3,(H,18,23).